The van der Waals surface area contributed by atoms with Gasteiger partial charge in [-0.05, 0) is 109 Å². The van der Waals surface area contributed by atoms with Gasteiger partial charge in [0.15, 0.2) is 0 Å². The van der Waals surface area contributed by atoms with Gasteiger partial charge in [0, 0.05) is 29.4 Å². The number of hydrogen-bond donors (Lipinski definition) is 2. The van der Waals surface area contributed by atoms with Crippen LogP contribution in [0.1, 0.15) is 82.3 Å². The predicted molar refractivity (Wildman–Crippen MR) is 168 cm³/mol. The zero-order chi connectivity index (χ0) is 31.9. The second-order valence-corrected chi connectivity index (χ2v) is 13.7. The number of aromatic nitrogens is 1. The summed E-state index contributed by atoms with van der Waals surface area (Å²) in [6, 6.07) is 12.9. The molecule has 1 aromatic heterocycles. The fourth-order valence-corrected chi connectivity index (χ4v) is 5.25. The number of fused-ring (bicyclic) bond motifs is 1. The number of hydrogen-bond acceptors (Lipinski definition) is 7. The first-order chi connectivity index (χ1) is 20.6. The highest BCUT2D eigenvalue weighted by Crippen LogP contribution is 2.49. The maximum Gasteiger partial charge on any atom is 0.412 e. The van der Waals surface area contributed by atoms with Crippen molar-refractivity contribution >= 4 is 34.7 Å². The third-order valence-electron chi connectivity index (χ3n) is 7.65. The number of benzene rings is 2. The van der Waals surface area contributed by atoms with Crippen LogP contribution >= 0.6 is 0 Å². The maximum atomic E-state index is 13.7. The SMILES string of the molecule is Cc1ccc(OC[C@@H]2CCN2C(=O)OC(C)(C)C)cc1C(=O)NC1(c2cc(NC(=O)OC(C)(C)C)cc3ncccc23)CC1. The van der Waals surface area contributed by atoms with Gasteiger partial charge in [-0.3, -0.25) is 15.1 Å². The van der Waals surface area contributed by atoms with Gasteiger partial charge in [-0.25, -0.2) is 9.59 Å². The molecule has 2 fully saturated rings. The summed E-state index contributed by atoms with van der Waals surface area (Å²) in [4.78, 5) is 44.9. The molecule has 1 atom stereocenters. The Hall–Kier alpha value is -4.34. The average Bonchev–Trinajstić information content (AvgIpc) is 3.66. The Labute approximate surface area is 258 Å². The van der Waals surface area contributed by atoms with Gasteiger partial charge in [0.1, 0.15) is 23.6 Å². The predicted octanol–water partition coefficient (Wildman–Crippen LogP) is 6.70. The molecule has 1 aliphatic heterocycles. The van der Waals surface area contributed by atoms with Crippen LogP contribution < -0.4 is 15.4 Å². The van der Waals surface area contributed by atoms with E-state index in [1.54, 1.807) is 23.2 Å². The average molecular weight is 603 g/mol. The Bertz CT molecular complexity index is 1580. The fraction of sp³-hybridized carbons (Fsp3) is 0.471. The zero-order valence-electron chi connectivity index (χ0n) is 26.6. The van der Waals surface area contributed by atoms with Crippen molar-refractivity contribution in [2.75, 3.05) is 18.5 Å². The summed E-state index contributed by atoms with van der Waals surface area (Å²) in [5, 5.41) is 7.00. The normalized spacial score (nSPS) is 17.3. The van der Waals surface area contributed by atoms with E-state index in [2.05, 4.69) is 15.6 Å². The van der Waals surface area contributed by atoms with Gasteiger partial charge in [0.2, 0.25) is 0 Å². The number of carbonyl (C=O) groups is 3. The molecule has 0 unspecified atom stereocenters. The Morgan fingerprint density at radius 2 is 1.73 bits per heavy atom. The number of ether oxygens (including phenoxy) is 3. The highest BCUT2D eigenvalue weighted by Gasteiger charge is 2.47. The Morgan fingerprint density at radius 3 is 2.36 bits per heavy atom. The largest absolute Gasteiger partial charge is 0.491 e. The molecule has 1 saturated heterocycles. The van der Waals surface area contributed by atoms with Crippen LogP contribution in [0.2, 0.25) is 0 Å². The van der Waals surface area contributed by atoms with Crippen LogP contribution in [0.15, 0.2) is 48.7 Å². The van der Waals surface area contributed by atoms with Gasteiger partial charge in [-0.1, -0.05) is 12.1 Å². The molecule has 10 heteroatoms. The molecule has 2 aliphatic rings. The number of anilines is 1. The summed E-state index contributed by atoms with van der Waals surface area (Å²) in [6.45, 7) is 13.8. The van der Waals surface area contributed by atoms with Crippen LogP contribution in [0.25, 0.3) is 10.9 Å². The molecular formula is C34H42N4O6. The van der Waals surface area contributed by atoms with E-state index in [9.17, 15) is 14.4 Å². The van der Waals surface area contributed by atoms with Crippen molar-refractivity contribution in [2.24, 2.45) is 0 Å². The molecule has 0 bridgehead atoms. The third-order valence-corrected chi connectivity index (χ3v) is 7.65. The highest BCUT2D eigenvalue weighted by atomic mass is 16.6. The minimum absolute atomic E-state index is 0.0818. The smallest absolute Gasteiger partial charge is 0.412 e. The van der Waals surface area contributed by atoms with Crippen LogP contribution in [0.4, 0.5) is 15.3 Å². The number of pyridine rings is 1. The second kappa shape index (κ2) is 11.6. The first kappa shape index (κ1) is 31.1. The minimum atomic E-state index is -0.640. The fourth-order valence-electron chi connectivity index (χ4n) is 5.25. The van der Waals surface area contributed by atoms with Crippen molar-refractivity contribution < 1.29 is 28.6 Å². The topological polar surface area (TPSA) is 119 Å². The molecule has 1 aliphatic carbocycles. The Morgan fingerprint density at radius 1 is 1.00 bits per heavy atom. The molecule has 3 amide bonds. The highest BCUT2D eigenvalue weighted by molar-refractivity contribution is 5.98. The van der Waals surface area contributed by atoms with E-state index in [4.69, 9.17) is 14.2 Å². The Balaban J connectivity index is 1.31. The van der Waals surface area contributed by atoms with Crippen molar-refractivity contribution in [3.63, 3.8) is 0 Å². The molecule has 0 spiro atoms. The van der Waals surface area contributed by atoms with Crippen molar-refractivity contribution in [2.45, 2.75) is 90.5 Å². The van der Waals surface area contributed by atoms with E-state index >= 15 is 0 Å². The molecule has 44 heavy (non-hydrogen) atoms. The van der Waals surface area contributed by atoms with Crippen LogP contribution in [0, 0.1) is 6.92 Å². The lowest BCUT2D eigenvalue weighted by Crippen LogP contribution is -2.55. The van der Waals surface area contributed by atoms with Crippen molar-refractivity contribution in [3.8, 4) is 5.75 Å². The van der Waals surface area contributed by atoms with Crippen molar-refractivity contribution in [1.29, 1.82) is 0 Å². The summed E-state index contributed by atoms with van der Waals surface area (Å²) in [5.74, 6) is 0.340. The quantitative estimate of drug-likeness (QED) is 0.309. The van der Waals surface area contributed by atoms with Crippen LogP contribution in [0.3, 0.4) is 0 Å². The van der Waals surface area contributed by atoms with Gasteiger partial charge < -0.3 is 24.4 Å². The molecule has 5 rings (SSSR count). The summed E-state index contributed by atoms with van der Waals surface area (Å²) in [5.41, 5.74) is 1.66. The summed E-state index contributed by atoms with van der Waals surface area (Å²) < 4.78 is 17.0. The number of nitrogens with zero attached hydrogens (tertiary/aromatic N) is 2. The van der Waals surface area contributed by atoms with Crippen molar-refractivity contribution in [3.05, 3.63) is 65.4 Å². The van der Waals surface area contributed by atoms with Gasteiger partial charge in [-0.2, -0.15) is 0 Å². The molecule has 0 radical (unpaired) electrons. The molecule has 2 aromatic carbocycles. The monoisotopic (exact) mass is 602 g/mol. The number of nitrogens with one attached hydrogen (secondary N) is 2. The number of likely N-dealkylation sites (tertiary alicyclic amines) is 1. The molecule has 3 aromatic rings. The molecule has 10 nitrogen and oxygen atoms in total. The van der Waals surface area contributed by atoms with Crippen LogP contribution in [-0.2, 0) is 15.0 Å². The van der Waals surface area contributed by atoms with Gasteiger partial charge in [0.25, 0.3) is 5.91 Å². The number of carbonyl (C=O) groups excluding carboxylic acids is 3. The van der Waals surface area contributed by atoms with E-state index in [0.29, 0.717) is 35.7 Å². The standard InChI is InChI=1S/C34H42N4O6/c1-21-10-11-24(42-20-23-12-16-38(23)31(41)44-33(5,6)7)19-26(21)29(39)37-34(13-14-34)27-17-22(36-30(40)43-32(2,3)4)18-28-25(27)9-8-15-35-28/h8-11,15,17-19,23H,12-14,16,20H2,1-7H3,(H,36,40)(H,37,39)/t23-/m0/s1. The van der Waals surface area contributed by atoms with Crippen LogP contribution in [0.5, 0.6) is 5.75 Å². The van der Waals surface area contributed by atoms with E-state index < -0.39 is 22.8 Å². The number of rotatable bonds is 7. The first-order valence-corrected chi connectivity index (χ1v) is 15.1. The van der Waals surface area contributed by atoms with E-state index in [1.807, 2.05) is 78.8 Å². The Kier molecular flexibility index (Phi) is 8.22. The van der Waals surface area contributed by atoms with Crippen molar-refractivity contribution in [1.82, 2.24) is 15.2 Å². The maximum absolute atomic E-state index is 13.7. The van der Waals surface area contributed by atoms with Gasteiger partial charge >= 0.3 is 12.2 Å². The zero-order valence-corrected chi connectivity index (χ0v) is 26.6. The van der Waals surface area contributed by atoms with Crippen LogP contribution in [-0.4, -0.2) is 58.4 Å². The third kappa shape index (κ3) is 7.23. The lowest BCUT2D eigenvalue weighted by Gasteiger charge is -2.41. The van der Waals surface area contributed by atoms with E-state index in [-0.39, 0.29) is 18.0 Å². The molecule has 2 heterocycles. The van der Waals surface area contributed by atoms with E-state index in [0.717, 1.165) is 35.8 Å². The van der Waals surface area contributed by atoms with Gasteiger partial charge in [0.05, 0.1) is 17.1 Å². The molecular weight excluding hydrogens is 560 g/mol. The molecule has 2 N–H and O–H groups in total. The number of aryl methyl sites for hydroxylation is 1. The van der Waals surface area contributed by atoms with Gasteiger partial charge in [-0.15, -0.1) is 0 Å². The lowest BCUT2D eigenvalue weighted by molar-refractivity contribution is -0.0141. The summed E-state index contributed by atoms with van der Waals surface area (Å²) in [6.07, 6.45) is 3.12. The second-order valence-electron chi connectivity index (χ2n) is 13.7. The lowest BCUT2D eigenvalue weighted by atomic mass is 9.97. The first-order valence-electron chi connectivity index (χ1n) is 15.1. The number of amides is 3. The minimum Gasteiger partial charge on any atom is -0.491 e. The molecule has 234 valence electrons. The summed E-state index contributed by atoms with van der Waals surface area (Å²) in [7, 11) is 0. The van der Waals surface area contributed by atoms with E-state index in [1.165, 1.54) is 0 Å². The summed E-state index contributed by atoms with van der Waals surface area (Å²) >= 11 is 0. The molecule has 1 saturated carbocycles.